The van der Waals surface area contributed by atoms with Crippen LogP contribution in [0.5, 0.6) is 0 Å². The zero-order valence-corrected chi connectivity index (χ0v) is 10.7. The maximum Gasteiger partial charge on any atom is 0.0527 e. The van der Waals surface area contributed by atoms with E-state index in [1.165, 1.54) is 45.2 Å². The van der Waals surface area contributed by atoms with Crippen molar-refractivity contribution < 1.29 is 5.11 Å². The molecule has 1 aliphatic heterocycles. The molecule has 1 fully saturated rings. The number of allylic oxidation sites excluding steroid dienone is 1. The lowest BCUT2D eigenvalue weighted by atomic mass is 10.0. The second kappa shape index (κ2) is 7.86. The van der Waals surface area contributed by atoms with Crippen LogP contribution in [-0.2, 0) is 0 Å². The first-order valence-electron chi connectivity index (χ1n) is 6.77. The molecule has 2 heteroatoms. The number of nitrogens with zero attached hydrogens (tertiary/aromatic N) is 1. The Balaban J connectivity index is 2.41. The van der Waals surface area contributed by atoms with E-state index < -0.39 is 0 Å². The van der Waals surface area contributed by atoms with Crippen LogP contribution in [0.1, 0.15) is 51.9 Å². The van der Waals surface area contributed by atoms with E-state index in [9.17, 15) is 5.11 Å². The van der Waals surface area contributed by atoms with E-state index in [1.807, 2.05) is 13.0 Å². The van der Waals surface area contributed by atoms with E-state index in [-0.39, 0.29) is 6.10 Å². The molecule has 1 rings (SSSR count). The smallest absolute Gasteiger partial charge is 0.0527 e. The van der Waals surface area contributed by atoms with Crippen molar-refractivity contribution in [2.45, 2.75) is 64.0 Å². The number of likely N-dealkylation sites (tertiary alicyclic amines) is 1. The molecule has 1 saturated heterocycles. The molecule has 2 atom stereocenters. The lowest BCUT2D eigenvalue weighted by Crippen LogP contribution is -2.37. The summed E-state index contributed by atoms with van der Waals surface area (Å²) in [4.78, 5) is 2.59. The molecule has 94 valence electrons. The van der Waals surface area contributed by atoms with Gasteiger partial charge in [0.15, 0.2) is 0 Å². The quantitative estimate of drug-likeness (QED) is 0.555. The zero-order chi connectivity index (χ0) is 11.8. The third-order valence-corrected chi connectivity index (χ3v) is 3.47. The Labute approximate surface area is 100 Å². The summed E-state index contributed by atoms with van der Waals surface area (Å²) in [5, 5.41) is 9.54. The molecule has 0 aromatic heterocycles. The average molecular weight is 225 g/mol. The molecule has 0 bridgehead atoms. The Morgan fingerprint density at radius 3 is 2.94 bits per heavy atom. The number of hydrogen-bond acceptors (Lipinski definition) is 2. The van der Waals surface area contributed by atoms with Crippen LogP contribution >= 0.6 is 0 Å². The maximum absolute atomic E-state index is 9.54. The van der Waals surface area contributed by atoms with Gasteiger partial charge < -0.3 is 10.0 Å². The van der Waals surface area contributed by atoms with E-state index >= 15 is 0 Å². The molecule has 1 heterocycles. The number of rotatable bonds is 6. The Kier molecular flexibility index (Phi) is 6.74. The number of aliphatic hydroxyl groups excluding tert-OH is 1. The van der Waals surface area contributed by atoms with Crippen LogP contribution < -0.4 is 0 Å². The van der Waals surface area contributed by atoms with Gasteiger partial charge in [0.2, 0.25) is 0 Å². The molecule has 2 nitrogen and oxygen atoms in total. The van der Waals surface area contributed by atoms with Crippen LogP contribution in [0.25, 0.3) is 0 Å². The van der Waals surface area contributed by atoms with Gasteiger partial charge in [0.1, 0.15) is 0 Å². The number of aliphatic hydroxyl groups is 1. The van der Waals surface area contributed by atoms with Crippen LogP contribution in [0.2, 0.25) is 0 Å². The van der Waals surface area contributed by atoms with E-state index in [2.05, 4.69) is 11.5 Å². The topological polar surface area (TPSA) is 23.5 Å². The predicted octanol–water partition coefficient (Wildman–Crippen LogP) is 2.97. The summed E-state index contributed by atoms with van der Waals surface area (Å²) in [7, 11) is 0. The van der Waals surface area contributed by atoms with Gasteiger partial charge in [0.25, 0.3) is 0 Å². The van der Waals surface area contributed by atoms with Gasteiger partial charge in [-0.2, -0.15) is 0 Å². The summed E-state index contributed by atoms with van der Waals surface area (Å²) in [6.45, 7) is 8.07. The van der Waals surface area contributed by atoms with Gasteiger partial charge in [0.05, 0.1) is 6.10 Å². The fourth-order valence-corrected chi connectivity index (χ4v) is 2.63. The first kappa shape index (κ1) is 13.7. The minimum Gasteiger partial charge on any atom is -0.393 e. The fraction of sp³-hybridized carbons (Fsp3) is 0.857. The summed E-state index contributed by atoms with van der Waals surface area (Å²) in [6, 6.07) is 0.604. The van der Waals surface area contributed by atoms with Crippen molar-refractivity contribution >= 4 is 0 Å². The highest BCUT2D eigenvalue weighted by molar-refractivity contribution is 4.78. The van der Waals surface area contributed by atoms with Gasteiger partial charge in [0, 0.05) is 6.04 Å². The molecule has 0 aromatic rings. The van der Waals surface area contributed by atoms with Crippen LogP contribution in [-0.4, -0.2) is 35.2 Å². The van der Waals surface area contributed by atoms with Gasteiger partial charge >= 0.3 is 0 Å². The van der Waals surface area contributed by atoms with Crippen molar-refractivity contribution in [3.05, 3.63) is 12.7 Å². The maximum atomic E-state index is 9.54. The lowest BCUT2D eigenvalue weighted by molar-refractivity contribution is 0.112. The van der Waals surface area contributed by atoms with Crippen LogP contribution in [0.4, 0.5) is 0 Å². The minimum absolute atomic E-state index is 0.162. The molecule has 1 aliphatic rings. The largest absolute Gasteiger partial charge is 0.393 e. The van der Waals surface area contributed by atoms with Crippen molar-refractivity contribution in [2.75, 3.05) is 13.1 Å². The summed E-state index contributed by atoms with van der Waals surface area (Å²) in [5.41, 5.74) is 0. The first-order chi connectivity index (χ1) is 7.74. The van der Waals surface area contributed by atoms with Crippen molar-refractivity contribution in [3.8, 4) is 0 Å². The molecule has 0 saturated carbocycles. The third kappa shape index (κ3) is 5.13. The molecule has 0 radical (unpaired) electrons. The molecule has 0 spiro atoms. The lowest BCUT2D eigenvalue weighted by Gasteiger charge is -2.30. The van der Waals surface area contributed by atoms with Gasteiger partial charge in [-0.15, -0.1) is 6.58 Å². The standard InChI is InChI=1S/C14H27NO/c1-3-4-7-10-15-11-8-5-6-9-14(15)12-13(2)16/h3,13-14,16H,1,4-12H2,2H3. The van der Waals surface area contributed by atoms with Gasteiger partial charge in [-0.25, -0.2) is 0 Å². The second-order valence-corrected chi connectivity index (χ2v) is 5.05. The minimum atomic E-state index is -0.162. The molecule has 2 unspecified atom stereocenters. The van der Waals surface area contributed by atoms with E-state index in [1.54, 1.807) is 0 Å². The van der Waals surface area contributed by atoms with E-state index in [4.69, 9.17) is 0 Å². The van der Waals surface area contributed by atoms with Gasteiger partial charge in [-0.3, -0.25) is 0 Å². The SMILES string of the molecule is C=CCCCN1CCCCCC1CC(C)O. The molecule has 0 aromatic carbocycles. The normalized spacial score (nSPS) is 25.0. The van der Waals surface area contributed by atoms with Crippen molar-refractivity contribution in [1.29, 1.82) is 0 Å². The molecule has 0 amide bonds. The van der Waals surface area contributed by atoms with Gasteiger partial charge in [-0.1, -0.05) is 18.9 Å². The van der Waals surface area contributed by atoms with Crippen molar-refractivity contribution in [2.24, 2.45) is 0 Å². The van der Waals surface area contributed by atoms with Gasteiger partial charge in [-0.05, 0) is 52.1 Å². The average Bonchev–Trinajstić information content (AvgIpc) is 2.44. The van der Waals surface area contributed by atoms with Crippen molar-refractivity contribution in [3.63, 3.8) is 0 Å². The molecular weight excluding hydrogens is 198 g/mol. The van der Waals surface area contributed by atoms with Crippen LogP contribution in [0.3, 0.4) is 0 Å². The summed E-state index contributed by atoms with van der Waals surface area (Å²) >= 11 is 0. The predicted molar refractivity (Wildman–Crippen MR) is 69.6 cm³/mol. The highest BCUT2D eigenvalue weighted by atomic mass is 16.3. The monoisotopic (exact) mass is 225 g/mol. The second-order valence-electron chi connectivity index (χ2n) is 5.05. The summed E-state index contributed by atoms with van der Waals surface area (Å²) in [5.74, 6) is 0. The Morgan fingerprint density at radius 2 is 2.25 bits per heavy atom. The van der Waals surface area contributed by atoms with Crippen LogP contribution in [0, 0.1) is 0 Å². The summed E-state index contributed by atoms with van der Waals surface area (Å²) in [6.07, 6.45) is 10.4. The highest BCUT2D eigenvalue weighted by Gasteiger charge is 2.21. The summed E-state index contributed by atoms with van der Waals surface area (Å²) < 4.78 is 0. The molecular formula is C14H27NO. The van der Waals surface area contributed by atoms with E-state index in [0.717, 1.165) is 12.8 Å². The Morgan fingerprint density at radius 1 is 1.44 bits per heavy atom. The molecule has 0 aliphatic carbocycles. The Bertz CT molecular complexity index is 191. The fourth-order valence-electron chi connectivity index (χ4n) is 2.63. The highest BCUT2D eigenvalue weighted by Crippen LogP contribution is 2.20. The molecule has 16 heavy (non-hydrogen) atoms. The zero-order valence-electron chi connectivity index (χ0n) is 10.7. The molecule has 1 N–H and O–H groups in total. The van der Waals surface area contributed by atoms with Crippen LogP contribution in [0.15, 0.2) is 12.7 Å². The number of unbranched alkanes of at least 4 members (excludes halogenated alkanes) is 1. The van der Waals surface area contributed by atoms with Crippen molar-refractivity contribution in [1.82, 2.24) is 4.90 Å². The Hall–Kier alpha value is -0.340. The first-order valence-corrected chi connectivity index (χ1v) is 6.77. The number of hydrogen-bond donors (Lipinski definition) is 1. The van der Waals surface area contributed by atoms with E-state index in [0.29, 0.717) is 6.04 Å². The third-order valence-electron chi connectivity index (χ3n) is 3.47.